The lowest BCUT2D eigenvalue weighted by Gasteiger charge is -2.07. The number of aliphatic hydroxyl groups excluding tert-OH is 1. The molecule has 0 aliphatic rings. The van der Waals surface area contributed by atoms with Crippen molar-refractivity contribution in [2.75, 3.05) is 0 Å². The number of aliphatic hydroxyl groups is 1. The van der Waals surface area contributed by atoms with Gasteiger partial charge in [-0.05, 0) is 67.5 Å². The van der Waals surface area contributed by atoms with E-state index in [0.717, 1.165) is 35.5 Å². The Bertz CT molecular complexity index is 1100. The third-order valence-corrected chi connectivity index (χ3v) is 6.56. The van der Waals surface area contributed by atoms with Crippen molar-refractivity contribution in [2.45, 2.75) is 45.1 Å². The molecule has 0 amide bonds. The molecular weight excluding hydrogens is 400 g/mol. The van der Waals surface area contributed by atoms with Gasteiger partial charge in [0.25, 0.3) is 0 Å². The highest BCUT2D eigenvalue weighted by atomic mass is 32.1. The predicted molar refractivity (Wildman–Crippen MR) is 128 cm³/mol. The van der Waals surface area contributed by atoms with Crippen LogP contribution in [0.15, 0.2) is 79.0 Å². The van der Waals surface area contributed by atoms with Gasteiger partial charge < -0.3 is 5.11 Å². The van der Waals surface area contributed by atoms with E-state index >= 15 is 0 Å². The van der Waals surface area contributed by atoms with Crippen molar-refractivity contribution in [1.82, 2.24) is 9.97 Å². The summed E-state index contributed by atoms with van der Waals surface area (Å²) in [7, 11) is 0. The number of unbranched alkanes of at least 4 members (excludes halogenated alkanes) is 1. The normalized spacial score (nSPS) is 12.1. The lowest BCUT2D eigenvalue weighted by atomic mass is 10.0. The minimum atomic E-state index is -0.468. The number of hydrogen-bond donors (Lipinski definition) is 1. The van der Waals surface area contributed by atoms with Gasteiger partial charge >= 0.3 is 0 Å². The molecular formula is C27H28N2OS. The molecule has 0 aliphatic carbocycles. The smallest absolute Gasteiger partial charge is 0.133 e. The summed E-state index contributed by atoms with van der Waals surface area (Å²) in [5.74, 6) is 0.804. The third kappa shape index (κ3) is 6.09. The van der Waals surface area contributed by atoms with Crippen molar-refractivity contribution >= 4 is 11.3 Å². The van der Waals surface area contributed by atoms with Crippen molar-refractivity contribution in [2.24, 2.45) is 0 Å². The number of hydrogen-bond acceptors (Lipinski definition) is 4. The molecule has 2 aromatic heterocycles. The maximum atomic E-state index is 9.81. The number of benzene rings is 2. The summed E-state index contributed by atoms with van der Waals surface area (Å²) in [6, 6.07) is 25.1. The molecule has 1 unspecified atom stereocenters. The molecule has 4 rings (SSSR count). The average molecular weight is 429 g/mol. The standard InChI is InChI=1S/C27H28N2OS/c1-20(30)23-12-7-11-22(18-23)19-27-28-17-16-25(29-27)26-15-14-24(31-26)13-6-5-10-21-8-3-2-4-9-21/h2-4,7-9,11-12,14-18,20,30H,5-6,10,13,19H2,1H3. The zero-order chi connectivity index (χ0) is 21.5. The van der Waals surface area contributed by atoms with Crippen LogP contribution >= 0.6 is 11.3 Å². The van der Waals surface area contributed by atoms with Gasteiger partial charge in [-0.15, -0.1) is 11.3 Å². The van der Waals surface area contributed by atoms with Gasteiger partial charge in [0.2, 0.25) is 0 Å². The third-order valence-electron chi connectivity index (χ3n) is 5.40. The molecule has 0 fully saturated rings. The predicted octanol–water partition coefficient (Wildman–Crippen LogP) is 6.41. The second kappa shape index (κ2) is 10.5. The fourth-order valence-electron chi connectivity index (χ4n) is 3.69. The van der Waals surface area contributed by atoms with Crippen LogP contribution in [0.1, 0.15) is 53.3 Å². The molecule has 31 heavy (non-hydrogen) atoms. The second-order valence-corrected chi connectivity index (χ2v) is 9.08. The average Bonchev–Trinajstić information content (AvgIpc) is 3.27. The van der Waals surface area contributed by atoms with E-state index in [1.807, 2.05) is 41.8 Å². The van der Waals surface area contributed by atoms with Gasteiger partial charge in [0.1, 0.15) is 5.82 Å². The Labute approximate surface area is 188 Å². The topological polar surface area (TPSA) is 46.0 Å². The van der Waals surface area contributed by atoms with E-state index in [0.29, 0.717) is 6.42 Å². The number of aromatic nitrogens is 2. The first-order valence-electron chi connectivity index (χ1n) is 10.9. The summed E-state index contributed by atoms with van der Waals surface area (Å²) in [6.45, 7) is 1.78. The molecule has 1 N–H and O–H groups in total. The Kier molecular flexibility index (Phi) is 7.23. The van der Waals surface area contributed by atoms with E-state index in [1.165, 1.54) is 28.2 Å². The second-order valence-electron chi connectivity index (χ2n) is 7.91. The molecule has 0 bridgehead atoms. The Hall–Kier alpha value is -2.82. The fraction of sp³-hybridized carbons (Fsp3) is 0.259. The molecule has 2 aromatic carbocycles. The summed E-state index contributed by atoms with van der Waals surface area (Å²) < 4.78 is 0. The van der Waals surface area contributed by atoms with Crippen LogP contribution in [0.4, 0.5) is 0 Å². The molecule has 4 aromatic rings. The summed E-state index contributed by atoms with van der Waals surface area (Å²) in [5.41, 5.74) is 4.43. The fourth-order valence-corrected chi connectivity index (χ4v) is 4.71. The van der Waals surface area contributed by atoms with Crippen LogP contribution in [-0.4, -0.2) is 15.1 Å². The molecule has 0 saturated heterocycles. The summed E-state index contributed by atoms with van der Waals surface area (Å²) in [6.07, 6.45) is 6.70. The first kappa shape index (κ1) is 21.4. The van der Waals surface area contributed by atoms with E-state index in [-0.39, 0.29) is 0 Å². The van der Waals surface area contributed by atoms with Crippen LogP contribution in [0.3, 0.4) is 0 Å². The zero-order valence-corrected chi connectivity index (χ0v) is 18.7. The maximum Gasteiger partial charge on any atom is 0.133 e. The van der Waals surface area contributed by atoms with Gasteiger partial charge in [-0.3, -0.25) is 0 Å². The van der Waals surface area contributed by atoms with Gasteiger partial charge in [-0.2, -0.15) is 0 Å². The van der Waals surface area contributed by atoms with Crippen molar-refractivity contribution in [3.8, 4) is 10.6 Å². The Balaban J connectivity index is 1.36. The molecule has 2 heterocycles. The van der Waals surface area contributed by atoms with Gasteiger partial charge in [-0.25, -0.2) is 9.97 Å². The molecule has 158 valence electrons. The largest absolute Gasteiger partial charge is 0.389 e. The Morgan fingerprint density at radius 3 is 2.52 bits per heavy atom. The minimum absolute atomic E-state index is 0.468. The molecule has 1 atom stereocenters. The van der Waals surface area contributed by atoms with Crippen LogP contribution in [0.5, 0.6) is 0 Å². The lowest BCUT2D eigenvalue weighted by molar-refractivity contribution is 0.199. The lowest BCUT2D eigenvalue weighted by Crippen LogP contribution is -1.99. The molecule has 0 radical (unpaired) electrons. The van der Waals surface area contributed by atoms with Crippen molar-refractivity contribution in [3.05, 3.63) is 106 Å². The Morgan fingerprint density at radius 2 is 1.68 bits per heavy atom. The van der Waals surface area contributed by atoms with Crippen molar-refractivity contribution in [3.63, 3.8) is 0 Å². The molecule has 0 saturated carbocycles. The maximum absolute atomic E-state index is 9.81. The van der Waals surface area contributed by atoms with E-state index in [4.69, 9.17) is 4.98 Å². The van der Waals surface area contributed by atoms with Crippen LogP contribution < -0.4 is 0 Å². The number of rotatable bonds is 9. The van der Waals surface area contributed by atoms with E-state index in [2.05, 4.69) is 53.5 Å². The first-order chi connectivity index (χ1) is 15.2. The van der Waals surface area contributed by atoms with E-state index < -0.39 is 6.10 Å². The first-order valence-corrected chi connectivity index (χ1v) is 11.7. The monoisotopic (exact) mass is 428 g/mol. The summed E-state index contributed by atoms with van der Waals surface area (Å²) >= 11 is 1.83. The van der Waals surface area contributed by atoms with Crippen LogP contribution in [-0.2, 0) is 19.3 Å². The van der Waals surface area contributed by atoms with Crippen LogP contribution in [0, 0.1) is 0 Å². The highest BCUT2D eigenvalue weighted by molar-refractivity contribution is 7.15. The SMILES string of the molecule is CC(O)c1cccc(Cc2nccc(-c3ccc(CCCCc4ccccc4)s3)n2)c1. The molecule has 0 aliphatic heterocycles. The van der Waals surface area contributed by atoms with Crippen molar-refractivity contribution < 1.29 is 5.11 Å². The quantitative estimate of drug-likeness (QED) is 0.313. The van der Waals surface area contributed by atoms with Gasteiger partial charge in [0, 0.05) is 17.5 Å². The summed E-state index contributed by atoms with van der Waals surface area (Å²) in [5, 5.41) is 9.81. The minimum Gasteiger partial charge on any atom is -0.389 e. The van der Waals surface area contributed by atoms with Crippen molar-refractivity contribution in [1.29, 1.82) is 0 Å². The summed E-state index contributed by atoms with van der Waals surface area (Å²) in [4.78, 5) is 11.9. The number of nitrogens with zero attached hydrogens (tertiary/aromatic N) is 2. The molecule has 0 spiro atoms. The van der Waals surface area contributed by atoms with E-state index in [1.54, 1.807) is 6.92 Å². The van der Waals surface area contributed by atoms with Gasteiger partial charge in [-0.1, -0.05) is 54.6 Å². The van der Waals surface area contributed by atoms with E-state index in [9.17, 15) is 5.11 Å². The van der Waals surface area contributed by atoms with Gasteiger partial charge in [0.15, 0.2) is 0 Å². The van der Waals surface area contributed by atoms with Crippen LogP contribution in [0.25, 0.3) is 10.6 Å². The number of aryl methyl sites for hydroxylation is 2. The highest BCUT2D eigenvalue weighted by Gasteiger charge is 2.08. The highest BCUT2D eigenvalue weighted by Crippen LogP contribution is 2.28. The number of thiophene rings is 1. The molecule has 4 heteroatoms. The van der Waals surface area contributed by atoms with Crippen LogP contribution in [0.2, 0.25) is 0 Å². The van der Waals surface area contributed by atoms with Gasteiger partial charge in [0.05, 0.1) is 16.7 Å². The Morgan fingerprint density at radius 1 is 0.871 bits per heavy atom. The molecule has 3 nitrogen and oxygen atoms in total. The zero-order valence-electron chi connectivity index (χ0n) is 17.9.